The summed E-state index contributed by atoms with van der Waals surface area (Å²) in [7, 11) is -0.0284. The van der Waals surface area contributed by atoms with Gasteiger partial charge in [0.2, 0.25) is 0 Å². The zero-order chi connectivity index (χ0) is 15.1. The summed E-state index contributed by atoms with van der Waals surface area (Å²) >= 11 is 3.41. The molecule has 0 amide bonds. The van der Waals surface area contributed by atoms with Gasteiger partial charge in [-0.2, -0.15) is 0 Å². The van der Waals surface area contributed by atoms with Crippen LogP contribution in [0, 0.1) is 0 Å². The molecule has 1 aromatic heterocycles. The molecule has 0 aliphatic carbocycles. The summed E-state index contributed by atoms with van der Waals surface area (Å²) in [6.45, 7) is 0. The second-order valence-electron chi connectivity index (χ2n) is 4.57. The normalized spacial score (nSPS) is 11.6. The number of nitrogens with zero attached hydrogens (tertiary/aromatic N) is 3. The molecule has 0 aliphatic heterocycles. The van der Waals surface area contributed by atoms with E-state index in [1.807, 2.05) is 18.2 Å². The van der Waals surface area contributed by atoms with Crippen molar-refractivity contribution in [2.75, 3.05) is 31.0 Å². The Kier molecular flexibility index (Phi) is 3.79. The zero-order valence-electron chi connectivity index (χ0n) is 11.3. The number of anilines is 2. The van der Waals surface area contributed by atoms with Crippen LogP contribution in [0.1, 0.15) is 0 Å². The van der Waals surface area contributed by atoms with Crippen LogP contribution in [0.5, 0.6) is 0 Å². The Hall–Kier alpha value is -1.54. The molecule has 6 nitrogen and oxygen atoms in total. The summed E-state index contributed by atoms with van der Waals surface area (Å²) in [5, 5.41) is 4.32. The highest BCUT2D eigenvalue weighted by Gasteiger charge is 2.26. The number of hydrogen-bond acceptors (Lipinski definition) is 5. The fraction of sp³-hybridized carbons (Fsp3) is 0.250. The van der Waals surface area contributed by atoms with Gasteiger partial charge in [0.05, 0.1) is 5.69 Å². The molecule has 2 N–H and O–H groups in total. The van der Waals surface area contributed by atoms with E-state index in [0.717, 1.165) is 10.7 Å². The van der Waals surface area contributed by atoms with Gasteiger partial charge in [0.25, 0.3) is 0 Å². The first-order chi connectivity index (χ1) is 9.23. The van der Waals surface area contributed by atoms with Crippen LogP contribution in [-0.2, 0) is 9.84 Å². The quantitative estimate of drug-likeness (QED) is 0.902. The topological polar surface area (TPSA) is 81.2 Å². The van der Waals surface area contributed by atoms with Crippen molar-refractivity contribution in [1.29, 1.82) is 0 Å². The third-order valence-corrected chi connectivity index (χ3v) is 4.54. The van der Waals surface area contributed by atoms with Gasteiger partial charge in [0.1, 0.15) is 5.82 Å². The Labute approximate surface area is 126 Å². The van der Waals surface area contributed by atoms with Crippen molar-refractivity contribution >= 4 is 37.4 Å². The van der Waals surface area contributed by atoms with Gasteiger partial charge in [-0.3, -0.25) is 0 Å². The highest BCUT2D eigenvalue weighted by Crippen LogP contribution is 2.32. The maximum Gasteiger partial charge on any atom is 0.182 e. The number of rotatable bonds is 3. The Morgan fingerprint density at radius 2 is 1.90 bits per heavy atom. The summed E-state index contributed by atoms with van der Waals surface area (Å²) in [6, 6.07) is 7.33. The number of sulfone groups is 1. The third kappa shape index (κ3) is 2.53. The summed E-state index contributed by atoms with van der Waals surface area (Å²) in [4.78, 5) is 1.67. The highest BCUT2D eigenvalue weighted by atomic mass is 79.9. The molecule has 8 heteroatoms. The Morgan fingerprint density at radius 3 is 2.35 bits per heavy atom. The van der Waals surface area contributed by atoms with Crippen LogP contribution in [0.15, 0.2) is 33.6 Å². The lowest BCUT2D eigenvalue weighted by Crippen LogP contribution is -2.13. The maximum absolute atomic E-state index is 11.9. The standard InChI is InChI=1S/C12H15BrN4O2S/c1-16(2)12-10(20(3,18)19)11(14)17(15-12)9-7-5-4-6-8(9)13/h4-7H,14H2,1-3H3. The van der Waals surface area contributed by atoms with Crippen molar-refractivity contribution in [3.05, 3.63) is 28.7 Å². The van der Waals surface area contributed by atoms with E-state index in [-0.39, 0.29) is 10.7 Å². The molecule has 0 atom stereocenters. The molecule has 0 spiro atoms. The number of para-hydroxylation sites is 1. The molecular weight excluding hydrogens is 344 g/mol. The van der Waals surface area contributed by atoms with Crippen LogP contribution < -0.4 is 10.6 Å². The molecule has 0 bridgehead atoms. The Balaban J connectivity index is 2.79. The van der Waals surface area contributed by atoms with Crippen molar-refractivity contribution in [3.63, 3.8) is 0 Å². The van der Waals surface area contributed by atoms with Crippen molar-refractivity contribution in [2.24, 2.45) is 0 Å². The van der Waals surface area contributed by atoms with Crippen LogP contribution in [-0.4, -0.2) is 38.5 Å². The SMILES string of the molecule is CN(C)c1nn(-c2ccccc2Br)c(N)c1S(C)(=O)=O. The molecule has 0 aliphatic rings. The molecule has 1 heterocycles. The van der Waals surface area contributed by atoms with E-state index in [0.29, 0.717) is 11.5 Å². The summed E-state index contributed by atoms with van der Waals surface area (Å²) < 4.78 is 26.1. The predicted molar refractivity (Wildman–Crippen MR) is 83.1 cm³/mol. The second kappa shape index (κ2) is 5.10. The van der Waals surface area contributed by atoms with Gasteiger partial charge in [-0.25, -0.2) is 13.1 Å². The lowest BCUT2D eigenvalue weighted by Gasteiger charge is -2.09. The third-order valence-electron chi connectivity index (χ3n) is 2.73. The zero-order valence-corrected chi connectivity index (χ0v) is 13.7. The maximum atomic E-state index is 11.9. The molecule has 1 aromatic carbocycles. The molecule has 2 rings (SSSR count). The number of benzene rings is 1. The van der Waals surface area contributed by atoms with Gasteiger partial charge in [-0.05, 0) is 28.1 Å². The minimum atomic E-state index is -3.47. The lowest BCUT2D eigenvalue weighted by molar-refractivity contribution is 0.602. The smallest absolute Gasteiger partial charge is 0.182 e. The van der Waals surface area contributed by atoms with Crippen LogP contribution in [0.25, 0.3) is 5.69 Å². The summed E-state index contributed by atoms with van der Waals surface area (Å²) in [6.07, 6.45) is 1.12. The predicted octanol–water partition coefficient (Wildman–Crippen LogP) is 1.69. The molecule has 0 radical (unpaired) electrons. The van der Waals surface area contributed by atoms with Gasteiger partial charge < -0.3 is 10.6 Å². The summed E-state index contributed by atoms with van der Waals surface area (Å²) in [5.41, 5.74) is 6.69. The Bertz CT molecular complexity index is 753. The van der Waals surface area contributed by atoms with E-state index in [2.05, 4.69) is 21.0 Å². The van der Waals surface area contributed by atoms with Crippen LogP contribution in [0.2, 0.25) is 0 Å². The van der Waals surface area contributed by atoms with Gasteiger partial charge >= 0.3 is 0 Å². The van der Waals surface area contributed by atoms with Crippen LogP contribution >= 0.6 is 15.9 Å². The van der Waals surface area contributed by atoms with E-state index in [1.54, 1.807) is 25.1 Å². The molecular formula is C12H15BrN4O2S. The second-order valence-corrected chi connectivity index (χ2v) is 7.37. The lowest BCUT2D eigenvalue weighted by atomic mass is 10.3. The molecule has 20 heavy (non-hydrogen) atoms. The number of nitrogens with two attached hydrogens (primary N) is 1. The summed E-state index contributed by atoms with van der Waals surface area (Å²) in [5.74, 6) is 0.420. The number of hydrogen-bond donors (Lipinski definition) is 1. The fourth-order valence-electron chi connectivity index (χ4n) is 1.86. The van der Waals surface area contributed by atoms with Crippen molar-refractivity contribution in [2.45, 2.75) is 4.90 Å². The number of nitrogen functional groups attached to an aromatic ring is 1. The minimum Gasteiger partial charge on any atom is -0.382 e. The molecule has 0 fully saturated rings. The molecule has 0 saturated heterocycles. The van der Waals surface area contributed by atoms with E-state index >= 15 is 0 Å². The van der Waals surface area contributed by atoms with E-state index < -0.39 is 9.84 Å². The van der Waals surface area contributed by atoms with E-state index in [1.165, 1.54) is 4.68 Å². The molecule has 2 aromatic rings. The average Bonchev–Trinajstić information content (AvgIpc) is 2.67. The highest BCUT2D eigenvalue weighted by molar-refractivity contribution is 9.10. The average molecular weight is 359 g/mol. The van der Waals surface area contributed by atoms with Crippen molar-refractivity contribution < 1.29 is 8.42 Å². The van der Waals surface area contributed by atoms with Gasteiger partial charge in [-0.15, -0.1) is 5.10 Å². The largest absolute Gasteiger partial charge is 0.382 e. The van der Waals surface area contributed by atoms with E-state index in [4.69, 9.17) is 5.73 Å². The number of aromatic nitrogens is 2. The first kappa shape index (κ1) is 14.9. The van der Waals surface area contributed by atoms with Crippen LogP contribution in [0.3, 0.4) is 0 Å². The van der Waals surface area contributed by atoms with Crippen LogP contribution in [0.4, 0.5) is 11.6 Å². The minimum absolute atomic E-state index is 0.0400. The van der Waals surface area contributed by atoms with Gasteiger partial charge in [0.15, 0.2) is 20.6 Å². The van der Waals surface area contributed by atoms with Crippen molar-refractivity contribution in [1.82, 2.24) is 9.78 Å². The van der Waals surface area contributed by atoms with Gasteiger partial charge in [0, 0.05) is 24.8 Å². The fourth-order valence-corrected chi connectivity index (χ4v) is 3.33. The van der Waals surface area contributed by atoms with Crippen molar-refractivity contribution in [3.8, 4) is 5.69 Å². The molecule has 0 unspecified atom stereocenters. The molecule has 0 saturated carbocycles. The monoisotopic (exact) mass is 358 g/mol. The first-order valence-corrected chi connectivity index (χ1v) is 8.42. The van der Waals surface area contributed by atoms with E-state index in [9.17, 15) is 8.42 Å². The molecule has 108 valence electrons. The number of halogens is 1. The van der Waals surface area contributed by atoms with Gasteiger partial charge in [-0.1, -0.05) is 12.1 Å². The Morgan fingerprint density at radius 1 is 1.30 bits per heavy atom. The first-order valence-electron chi connectivity index (χ1n) is 5.74.